The number of aromatic nitrogens is 3. The van der Waals surface area contributed by atoms with Crippen molar-refractivity contribution in [2.24, 2.45) is 0 Å². The second kappa shape index (κ2) is 9.22. The molecule has 0 radical (unpaired) electrons. The van der Waals surface area contributed by atoms with E-state index in [1.807, 2.05) is 12.1 Å². The first-order valence-corrected chi connectivity index (χ1v) is 8.69. The van der Waals surface area contributed by atoms with Crippen LogP contribution in [0.1, 0.15) is 33.2 Å². The van der Waals surface area contributed by atoms with E-state index in [9.17, 15) is 9.59 Å². The molecular weight excluding hydrogens is 358 g/mol. The van der Waals surface area contributed by atoms with Crippen molar-refractivity contribution < 1.29 is 14.3 Å². The van der Waals surface area contributed by atoms with Crippen molar-refractivity contribution in [3.63, 3.8) is 0 Å². The van der Waals surface area contributed by atoms with Crippen LogP contribution in [0, 0.1) is 0 Å². The van der Waals surface area contributed by atoms with Crippen molar-refractivity contribution >= 4 is 23.5 Å². The highest BCUT2D eigenvalue weighted by atomic mass is 16.5. The monoisotopic (exact) mass is 377 g/mol. The van der Waals surface area contributed by atoms with Gasteiger partial charge in [0.25, 0.3) is 5.91 Å². The minimum atomic E-state index is -0.369. The molecule has 0 bridgehead atoms. The van der Waals surface area contributed by atoms with Gasteiger partial charge in [0.15, 0.2) is 0 Å². The Bertz CT molecular complexity index is 928. The SMILES string of the molecule is CCOC(=O)c1ccc(Nc2ncc(C(=O)NCc3cccnc3)cn2)cc1. The standard InChI is InChI=1S/C20H19N5O3/c1-2-28-19(27)15-5-7-17(8-6-15)25-20-23-12-16(13-24-20)18(26)22-11-14-4-3-9-21-10-14/h3-10,12-13H,2,11H2,1H3,(H,22,26)(H,23,24,25). The second-order valence-corrected chi connectivity index (χ2v) is 5.76. The summed E-state index contributed by atoms with van der Waals surface area (Å²) in [7, 11) is 0. The van der Waals surface area contributed by atoms with Crippen LogP contribution in [0.4, 0.5) is 11.6 Å². The summed E-state index contributed by atoms with van der Waals surface area (Å²) in [6.45, 7) is 2.46. The van der Waals surface area contributed by atoms with E-state index >= 15 is 0 Å². The Morgan fingerprint density at radius 3 is 2.39 bits per heavy atom. The van der Waals surface area contributed by atoms with Gasteiger partial charge in [0.05, 0.1) is 17.7 Å². The summed E-state index contributed by atoms with van der Waals surface area (Å²) < 4.78 is 4.94. The lowest BCUT2D eigenvalue weighted by atomic mass is 10.2. The molecule has 1 amide bonds. The van der Waals surface area contributed by atoms with Crippen molar-refractivity contribution in [1.29, 1.82) is 0 Å². The van der Waals surface area contributed by atoms with Crippen LogP contribution >= 0.6 is 0 Å². The van der Waals surface area contributed by atoms with Crippen molar-refractivity contribution in [2.75, 3.05) is 11.9 Å². The number of nitrogens with one attached hydrogen (secondary N) is 2. The van der Waals surface area contributed by atoms with Crippen LogP contribution in [-0.4, -0.2) is 33.4 Å². The van der Waals surface area contributed by atoms with Crippen LogP contribution in [0.5, 0.6) is 0 Å². The molecule has 8 nitrogen and oxygen atoms in total. The molecule has 0 aliphatic heterocycles. The minimum Gasteiger partial charge on any atom is -0.462 e. The maximum absolute atomic E-state index is 12.2. The van der Waals surface area contributed by atoms with E-state index < -0.39 is 0 Å². The Kier molecular flexibility index (Phi) is 6.25. The number of hydrogen-bond donors (Lipinski definition) is 2. The van der Waals surface area contributed by atoms with Gasteiger partial charge >= 0.3 is 5.97 Å². The number of hydrogen-bond acceptors (Lipinski definition) is 7. The first kappa shape index (κ1) is 19.0. The maximum Gasteiger partial charge on any atom is 0.338 e. The molecule has 0 saturated heterocycles. The van der Waals surface area contributed by atoms with Crippen LogP contribution in [-0.2, 0) is 11.3 Å². The minimum absolute atomic E-state index is 0.269. The molecule has 0 saturated carbocycles. The number of amides is 1. The molecule has 0 atom stereocenters. The van der Waals surface area contributed by atoms with Gasteiger partial charge in [-0.05, 0) is 42.8 Å². The molecule has 3 aromatic rings. The van der Waals surface area contributed by atoms with E-state index in [1.54, 1.807) is 43.6 Å². The van der Waals surface area contributed by atoms with E-state index in [2.05, 4.69) is 25.6 Å². The molecule has 142 valence electrons. The Labute approximate surface area is 162 Å². The van der Waals surface area contributed by atoms with E-state index in [0.717, 1.165) is 5.56 Å². The molecule has 2 heterocycles. The lowest BCUT2D eigenvalue weighted by Crippen LogP contribution is -2.23. The summed E-state index contributed by atoms with van der Waals surface area (Å²) in [5.41, 5.74) is 2.43. The first-order valence-electron chi connectivity index (χ1n) is 8.69. The number of rotatable bonds is 7. The average Bonchev–Trinajstić information content (AvgIpc) is 2.74. The molecule has 0 aliphatic rings. The number of anilines is 2. The van der Waals surface area contributed by atoms with E-state index in [0.29, 0.717) is 35.9 Å². The fraction of sp³-hybridized carbons (Fsp3) is 0.150. The molecule has 28 heavy (non-hydrogen) atoms. The molecule has 1 aromatic carbocycles. The first-order chi connectivity index (χ1) is 13.7. The molecule has 0 fully saturated rings. The van der Waals surface area contributed by atoms with Gasteiger partial charge in [0, 0.05) is 37.0 Å². The summed E-state index contributed by atoms with van der Waals surface area (Å²) >= 11 is 0. The molecular formula is C20H19N5O3. The number of benzene rings is 1. The van der Waals surface area contributed by atoms with Gasteiger partial charge in [-0.2, -0.15) is 0 Å². The van der Waals surface area contributed by atoms with Crippen LogP contribution in [0.2, 0.25) is 0 Å². The highest BCUT2D eigenvalue weighted by molar-refractivity contribution is 5.93. The topological polar surface area (TPSA) is 106 Å². The Morgan fingerprint density at radius 1 is 1.00 bits per heavy atom. The number of carbonyl (C=O) groups excluding carboxylic acids is 2. The Balaban J connectivity index is 1.56. The number of ether oxygens (including phenoxy) is 1. The zero-order chi connectivity index (χ0) is 19.8. The van der Waals surface area contributed by atoms with Crippen LogP contribution in [0.15, 0.2) is 61.2 Å². The van der Waals surface area contributed by atoms with Crippen molar-refractivity contribution in [3.05, 3.63) is 77.9 Å². The highest BCUT2D eigenvalue weighted by Gasteiger charge is 2.08. The molecule has 8 heteroatoms. The number of nitrogens with zero attached hydrogens (tertiary/aromatic N) is 3. The summed E-state index contributed by atoms with van der Waals surface area (Å²) in [5.74, 6) is -0.297. The van der Waals surface area contributed by atoms with Gasteiger partial charge in [0.2, 0.25) is 5.95 Å². The third kappa shape index (κ3) is 5.10. The normalized spacial score (nSPS) is 10.2. The van der Waals surface area contributed by atoms with E-state index in [1.165, 1.54) is 12.4 Å². The lowest BCUT2D eigenvalue weighted by Gasteiger charge is -2.07. The number of pyridine rings is 1. The molecule has 0 spiro atoms. The van der Waals surface area contributed by atoms with Crippen molar-refractivity contribution in [1.82, 2.24) is 20.3 Å². The van der Waals surface area contributed by atoms with Crippen molar-refractivity contribution in [2.45, 2.75) is 13.5 Å². The quantitative estimate of drug-likeness (QED) is 0.610. The van der Waals surface area contributed by atoms with Gasteiger partial charge in [-0.3, -0.25) is 9.78 Å². The predicted molar refractivity (Wildman–Crippen MR) is 103 cm³/mol. The number of carbonyl (C=O) groups is 2. The van der Waals surface area contributed by atoms with Crippen LogP contribution < -0.4 is 10.6 Å². The zero-order valence-electron chi connectivity index (χ0n) is 15.3. The van der Waals surface area contributed by atoms with Gasteiger partial charge in [-0.1, -0.05) is 6.07 Å². The van der Waals surface area contributed by atoms with Crippen molar-refractivity contribution in [3.8, 4) is 0 Å². The van der Waals surface area contributed by atoms with Gasteiger partial charge in [-0.25, -0.2) is 14.8 Å². The van der Waals surface area contributed by atoms with E-state index in [-0.39, 0.29) is 11.9 Å². The highest BCUT2D eigenvalue weighted by Crippen LogP contribution is 2.14. The maximum atomic E-state index is 12.2. The largest absolute Gasteiger partial charge is 0.462 e. The van der Waals surface area contributed by atoms with Crippen LogP contribution in [0.25, 0.3) is 0 Å². The van der Waals surface area contributed by atoms with E-state index in [4.69, 9.17) is 4.74 Å². The molecule has 2 aromatic heterocycles. The smallest absolute Gasteiger partial charge is 0.338 e. The summed E-state index contributed by atoms with van der Waals surface area (Å²) in [6, 6.07) is 10.4. The lowest BCUT2D eigenvalue weighted by molar-refractivity contribution is 0.0526. The molecule has 3 rings (SSSR count). The average molecular weight is 377 g/mol. The summed E-state index contributed by atoms with van der Waals surface area (Å²) in [4.78, 5) is 36.1. The molecule has 0 aliphatic carbocycles. The van der Waals surface area contributed by atoms with Gasteiger partial charge in [-0.15, -0.1) is 0 Å². The van der Waals surface area contributed by atoms with Gasteiger partial charge < -0.3 is 15.4 Å². The third-order valence-electron chi connectivity index (χ3n) is 3.74. The summed E-state index contributed by atoms with van der Waals surface area (Å²) in [5, 5.41) is 5.80. The third-order valence-corrected chi connectivity index (χ3v) is 3.74. The van der Waals surface area contributed by atoms with Gasteiger partial charge in [0.1, 0.15) is 0 Å². The Morgan fingerprint density at radius 2 is 1.75 bits per heavy atom. The fourth-order valence-electron chi connectivity index (χ4n) is 2.33. The van der Waals surface area contributed by atoms with Crippen LogP contribution in [0.3, 0.4) is 0 Å². The Hall–Kier alpha value is -3.81. The summed E-state index contributed by atoms with van der Waals surface area (Å²) in [6.07, 6.45) is 6.26. The number of esters is 1. The zero-order valence-corrected chi connectivity index (χ0v) is 15.3. The fourth-order valence-corrected chi connectivity index (χ4v) is 2.33. The predicted octanol–water partition coefficient (Wildman–Crippen LogP) is 2.72. The second-order valence-electron chi connectivity index (χ2n) is 5.76. The molecule has 0 unspecified atom stereocenters. The molecule has 2 N–H and O–H groups in total.